The van der Waals surface area contributed by atoms with E-state index in [1.165, 1.54) is 0 Å². The van der Waals surface area contributed by atoms with Crippen LogP contribution in [-0.2, 0) is 4.79 Å². The summed E-state index contributed by atoms with van der Waals surface area (Å²) < 4.78 is 0. The van der Waals surface area contributed by atoms with Crippen molar-refractivity contribution in [1.29, 1.82) is 0 Å². The molecule has 0 bridgehead atoms. The van der Waals surface area contributed by atoms with Gasteiger partial charge in [0.2, 0.25) is 5.91 Å². The van der Waals surface area contributed by atoms with Gasteiger partial charge in [-0.3, -0.25) is 4.79 Å². The van der Waals surface area contributed by atoms with Gasteiger partial charge < -0.3 is 11.1 Å². The van der Waals surface area contributed by atoms with Crippen LogP contribution >= 0.6 is 11.6 Å². The average molecular weight is 255 g/mol. The van der Waals surface area contributed by atoms with Crippen molar-refractivity contribution >= 4 is 17.5 Å². The normalized spacial score (nSPS) is 14.1. The molecule has 1 rings (SSSR count). The van der Waals surface area contributed by atoms with Crippen LogP contribution in [0.2, 0.25) is 5.02 Å². The van der Waals surface area contributed by atoms with Gasteiger partial charge in [-0.25, -0.2) is 0 Å². The van der Waals surface area contributed by atoms with Crippen molar-refractivity contribution in [3.8, 4) is 0 Å². The van der Waals surface area contributed by atoms with E-state index >= 15 is 0 Å². The first-order chi connectivity index (χ1) is 8.04. The van der Waals surface area contributed by atoms with Crippen LogP contribution in [0.5, 0.6) is 0 Å². The summed E-state index contributed by atoms with van der Waals surface area (Å²) in [7, 11) is 0. The fraction of sp³-hybridized carbons (Fsp3) is 0.462. The van der Waals surface area contributed by atoms with Crippen LogP contribution in [0, 0.1) is 5.92 Å². The van der Waals surface area contributed by atoms with E-state index in [9.17, 15) is 4.79 Å². The molecule has 1 aromatic carbocycles. The van der Waals surface area contributed by atoms with Crippen molar-refractivity contribution < 1.29 is 4.79 Å². The Bertz CT molecular complexity index is 364. The lowest BCUT2D eigenvalue weighted by molar-refractivity contribution is -0.125. The van der Waals surface area contributed by atoms with Crippen molar-refractivity contribution in [3.63, 3.8) is 0 Å². The van der Waals surface area contributed by atoms with Gasteiger partial charge in [0.15, 0.2) is 0 Å². The van der Waals surface area contributed by atoms with Gasteiger partial charge in [0, 0.05) is 10.9 Å². The maximum Gasteiger partial charge on any atom is 0.223 e. The van der Waals surface area contributed by atoms with Gasteiger partial charge in [-0.2, -0.15) is 0 Å². The minimum absolute atomic E-state index is 0.0139. The largest absolute Gasteiger partial charge is 0.349 e. The number of hydrogen-bond donors (Lipinski definition) is 2. The molecule has 1 amide bonds. The van der Waals surface area contributed by atoms with Crippen LogP contribution in [0.25, 0.3) is 0 Å². The molecule has 0 heterocycles. The first kappa shape index (κ1) is 14.0. The summed E-state index contributed by atoms with van der Waals surface area (Å²) in [5.74, 6) is -0.00681. The number of amides is 1. The maximum atomic E-state index is 11.8. The number of halogens is 1. The first-order valence-corrected chi connectivity index (χ1v) is 6.18. The van der Waals surface area contributed by atoms with E-state index in [4.69, 9.17) is 17.3 Å². The molecule has 3 N–H and O–H groups in total. The molecule has 0 fully saturated rings. The zero-order valence-electron chi connectivity index (χ0n) is 10.2. The Kier molecular flexibility index (Phi) is 5.45. The standard InChI is InChI=1S/C13H19ClN2O/c1-9(7-8-15)13(17)16-10(2)11-3-5-12(14)6-4-11/h3-6,9-10H,7-8,15H2,1-2H3,(H,16,17)/t9?,10-/m1/s1. The maximum absolute atomic E-state index is 11.8. The second kappa shape index (κ2) is 6.62. The van der Waals surface area contributed by atoms with Crippen molar-refractivity contribution in [2.45, 2.75) is 26.3 Å². The van der Waals surface area contributed by atoms with Crippen LogP contribution < -0.4 is 11.1 Å². The summed E-state index contributed by atoms with van der Waals surface area (Å²) in [5.41, 5.74) is 6.48. The Balaban J connectivity index is 2.57. The average Bonchev–Trinajstić information content (AvgIpc) is 2.30. The van der Waals surface area contributed by atoms with Crippen molar-refractivity contribution in [3.05, 3.63) is 34.9 Å². The molecular formula is C13H19ClN2O. The quantitative estimate of drug-likeness (QED) is 0.848. The van der Waals surface area contributed by atoms with E-state index in [2.05, 4.69) is 5.32 Å². The Morgan fingerprint density at radius 1 is 1.35 bits per heavy atom. The van der Waals surface area contributed by atoms with Crippen LogP contribution in [0.15, 0.2) is 24.3 Å². The Hall–Kier alpha value is -1.06. The summed E-state index contributed by atoms with van der Waals surface area (Å²) in [6.07, 6.45) is 0.708. The lowest BCUT2D eigenvalue weighted by atomic mass is 10.0. The predicted molar refractivity (Wildman–Crippen MR) is 70.8 cm³/mol. The number of nitrogens with one attached hydrogen (secondary N) is 1. The Labute approximate surface area is 107 Å². The molecule has 0 aliphatic rings. The summed E-state index contributed by atoms with van der Waals surface area (Å²) in [5, 5.41) is 3.66. The highest BCUT2D eigenvalue weighted by molar-refractivity contribution is 6.30. The number of carbonyl (C=O) groups is 1. The first-order valence-electron chi connectivity index (χ1n) is 5.80. The summed E-state index contributed by atoms with van der Waals surface area (Å²) in [6, 6.07) is 7.47. The number of benzene rings is 1. The lowest BCUT2D eigenvalue weighted by Crippen LogP contribution is -2.32. The molecule has 1 unspecified atom stereocenters. The fourth-order valence-corrected chi connectivity index (χ4v) is 1.70. The number of carbonyl (C=O) groups excluding carboxylic acids is 1. The zero-order valence-corrected chi connectivity index (χ0v) is 11.0. The third-order valence-electron chi connectivity index (χ3n) is 2.78. The minimum Gasteiger partial charge on any atom is -0.349 e. The van der Waals surface area contributed by atoms with Gasteiger partial charge >= 0.3 is 0 Å². The van der Waals surface area contributed by atoms with E-state index in [0.29, 0.717) is 18.0 Å². The molecule has 0 saturated carbocycles. The Morgan fingerprint density at radius 3 is 2.47 bits per heavy atom. The molecule has 1 aromatic rings. The SMILES string of the molecule is CC(CCN)C(=O)N[C@H](C)c1ccc(Cl)cc1. The number of rotatable bonds is 5. The molecular weight excluding hydrogens is 236 g/mol. The molecule has 0 radical (unpaired) electrons. The highest BCUT2D eigenvalue weighted by Gasteiger charge is 2.15. The molecule has 0 spiro atoms. The molecule has 3 nitrogen and oxygen atoms in total. The van der Waals surface area contributed by atoms with Crippen LogP contribution in [0.1, 0.15) is 31.9 Å². The van der Waals surface area contributed by atoms with E-state index in [0.717, 1.165) is 5.56 Å². The van der Waals surface area contributed by atoms with Gasteiger partial charge in [0.25, 0.3) is 0 Å². The molecule has 0 aliphatic carbocycles. The minimum atomic E-state index is -0.0465. The molecule has 0 aliphatic heterocycles. The van der Waals surface area contributed by atoms with Gasteiger partial charge in [0.1, 0.15) is 0 Å². The van der Waals surface area contributed by atoms with Crippen molar-refractivity contribution in [2.75, 3.05) is 6.54 Å². The van der Waals surface area contributed by atoms with Crippen molar-refractivity contribution in [1.82, 2.24) is 5.32 Å². The van der Waals surface area contributed by atoms with Gasteiger partial charge in [-0.05, 0) is 37.6 Å². The third kappa shape index (κ3) is 4.36. The summed E-state index contributed by atoms with van der Waals surface area (Å²) in [6.45, 7) is 4.37. The third-order valence-corrected chi connectivity index (χ3v) is 3.03. The van der Waals surface area contributed by atoms with E-state index < -0.39 is 0 Å². The molecule has 2 atom stereocenters. The van der Waals surface area contributed by atoms with Gasteiger partial charge in [0.05, 0.1) is 6.04 Å². The second-order valence-electron chi connectivity index (χ2n) is 4.26. The van der Waals surface area contributed by atoms with Crippen molar-refractivity contribution in [2.24, 2.45) is 11.7 Å². The smallest absolute Gasteiger partial charge is 0.223 e. The van der Waals surface area contributed by atoms with Crippen LogP contribution in [0.3, 0.4) is 0 Å². The Morgan fingerprint density at radius 2 is 1.94 bits per heavy atom. The van der Waals surface area contributed by atoms with Gasteiger partial charge in [-0.15, -0.1) is 0 Å². The van der Waals surface area contributed by atoms with Gasteiger partial charge in [-0.1, -0.05) is 30.7 Å². The zero-order chi connectivity index (χ0) is 12.8. The number of hydrogen-bond acceptors (Lipinski definition) is 2. The summed E-state index contributed by atoms with van der Waals surface area (Å²) >= 11 is 5.81. The van der Waals surface area contributed by atoms with E-state index in [-0.39, 0.29) is 17.9 Å². The topological polar surface area (TPSA) is 55.1 Å². The predicted octanol–water partition coefficient (Wildman–Crippen LogP) is 2.50. The lowest BCUT2D eigenvalue weighted by Gasteiger charge is -2.17. The van der Waals surface area contributed by atoms with Crippen LogP contribution in [0.4, 0.5) is 0 Å². The molecule has 17 heavy (non-hydrogen) atoms. The molecule has 94 valence electrons. The van der Waals surface area contributed by atoms with E-state index in [1.807, 2.05) is 38.1 Å². The van der Waals surface area contributed by atoms with Crippen LogP contribution in [-0.4, -0.2) is 12.5 Å². The molecule has 0 aromatic heterocycles. The van der Waals surface area contributed by atoms with E-state index in [1.54, 1.807) is 0 Å². The second-order valence-corrected chi connectivity index (χ2v) is 4.70. The highest BCUT2D eigenvalue weighted by atomic mass is 35.5. The summed E-state index contributed by atoms with van der Waals surface area (Å²) in [4.78, 5) is 11.8. The number of nitrogens with two attached hydrogens (primary N) is 1. The molecule has 0 saturated heterocycles. The monoisotopic (exact) mass is 254 g/mol. The highest BCUT2D eigenvalue weighted by Crippen LogP contribution is 2.16. The molecule has 4 heteroatoms. The fourth-order valence-electron chi connectivity index (χ4n) is 1.57.